The van der Waals surface area contributed by atoms with E-state index in [0.29, 0.717) is 29.7 Å². The lowest BCUT2D eigenvalue weighted by atomic mass is 10.0. The summed E-state index contributed by atoms with van der Waals surface area (Å²) in [7, 11) is 1.66. The molecule has 1 heterocycles. The normalized spacial score (nSPS) is 10.6. The molecule has 168 valence electrons. The van der Waals surface area contributed by atoms with Crippen molar-refractivity contribution in [2.45, 2.75) is 26.2 Å². The topological polar surface area (TPSA) is 89.5 Å². The van der Waals surface area contributed by atoms with Gasteiger partial charge in [0, 0.05) is 49.9 Å². The van der Waals surface area contributed by atoms with E-state index in [-0.39, 0.29) is 11.8 Å². The highest BCUT2D eigenvalue weighted by atomic mass is 32.1. The summed E-state index contributed by atoms with van der Waals surface area (Å²) < 4.78 is 10.9. The maximum Gasteiger partial charge on any atom is 0.257 e. The molecule has 7 nitrogen and oxygen atoms in total. The molecule has 0 radical (unpaired) electrons. The van der Waals surface area contributed by atoms with Crippen molar-refractivity contribution in [1.82, 2.24) is 4.98 Å². The van der Waals surface area contributed by atoms with Crippen LogP contribution < -0.4 is 15.4 Å². The second-order valence-corrected chi connectivity index (χ2v) is 8.12. The molecule has 0 spiro atoms. The highest BCUT2D eigenvalue weighted by Gasteiger charge is 2.12. The van der Waals surface area contributed by atoms with E-state index in [1.54, 1.807) is 19.4 Å². The fourth-order valence-electron chi connectivity index (χ4n) is 3.11. The maximum absolute atomic E-state index is 12.7. The Hall–Kier alpha value is -3.23. The van der Waals surface area contributed by atoms with E-state index in [0.717, 1.165) is 36.1 Å². The van der Waals surface area contributed by atoms with Crippen LogP contribution in [-0.2, 0) is 22.4 Å². The highest BCUT2D eigenvalue weighted by Crippen LogP contribution is 2.22. The largest absolute Gasteiger partial charge is 0.493 e. The minimum atomic E-state index is -0.219. The molecule has 0 aliphatic rings. The number of carbonyl (C=O) groups is 2. The molecule has 0 aliphatic heterocycles. The Morgan fingerprint density at radius 1 is 1.00 bits per heavy atom. The zero-order valence-electron chi connectivity index (χ0n) is 18.2. The van der Waals surface area contributed by atoms with Crippen LogP contribution in [0.25, 0.3) is 0 Å². The molecule has 0 atom stereocenters. The lowest BCUT2D eigenvalue weighted by Crippen LogP contribution is -2.13. The van der Waals surface area contributed by atoms with E-state index in [1.165, 1.54) is 18.3 Å². The number of thiazole rings is 1. The van der Waals surface area contributed by atoms with Crippen LogP contribution in [0.15, 0.2) is 54.0 Å². The molecule has 0 bridgehead atoms. The van der Waals surface area contributed by atoms with Gasteiger partial charge in [-0.05, 0) is 54.3 Å². The number of benzene rings is 2. The molecule has 3 rings (SSSR count). The van der Waals surface area contributed by atoms with Crippen molar-refractivity contribution in [2.75, 3.05) is 31.0 Å². The van der Waals surface area contributed by atoms with Crippen LogP contribution in [0.4, 0.5) is 10.8 Å². The molecule has 1 aromatic heterocycles. The molecular weight excluding hydrogens is 426 g/mol. The van der Waals surface area contributed by atoms with Gasteiger partial charge in [0.15, 0.2) is 5.13 Å². The van der Waals surface area contributed by atoms with Crippen molar-refractivity contribution in [3.8, 4) is 5.75 Å². The molecule has 2 amide bonds. The molecule has 8 heteroatoms. The number of ether oxygens (including phenoxy) is 2. The van der Waals surface area contributed by atoms with E-state index < -0.39 is 0 Å². The number of anilines is 2. The minimum Gasteiger partial charge on any atom is -0.493 e. The van der Waals surface area contributed by atoms with Gasteiger partial charge in [0.2, 0.25) is 5.91 Å². The SMILES string of the molecule is COCCCOc1cc(CCc2ccc(NC(C)=O)cc2)cc(C(=O)Nc2nccs2)c1. The second-order valence-electron chi connectivity index (χ2n) is 7.23. The fraction of sp³-hybridized carbons (Fsp3) is 0.292. The number of hydrogen-bond donors (Lipinski definition) is 2. The zero-order chi connectivity index (χ0) is 22.8. The number of rotatable bonds is 11. The van der Waals surface area contributed by atoms with Gasteiger partial charge in [-0.2, -0.15) is 0 Å². The number of hydrogen-bond acceptors (Lipinski definition) is 6. The number of nitrogens with one attached hydrogen (secondary N) is 2. The first-order valence-electron chi connectivity index (χ1n) is 10.4. The first-order valence-corrected chi connectivity index (χ1v) is 11.2. The molecule has 0 saturated heterocycles. The maximum atomic E-state index is 12.7. The summed E-state index contributed by atoms with van der Waals surface area (Å²) in [4.78, 5) is 28.0. The van der Waals surface area contributed by atoms with E-state index in [1.807, 2.05) is 41.8 Å². The number of aryl methyl sites for hydroxylation is 2. The van der Waals surface area contributed by atoms with Gasteiger partial charge >= 0.3 is 0 Å². The monoisotopic (exact) mass is 453 g/mol. The molecule has 2 N–H and O–H groups in total. The second kappa shape index (κ2) is 12.0. The van der Waals surface area contributed by atoms with Crippen molar-refractivity contribution in [1.29, 1.82) is 0 Å². The molecule has 2 aromatic carbocycles. The van der Waals surface area contributed by atoms with Crippen molar-refractivity contribution >= 4 is 34.0 Å². The van der Waals surface area contributed by atoms with Crippen molar-refractivity contribution < 1.29 is 19.1 Å². The summed E-state index contributed by atoms with van der Waals surface area (Å²) in [5, 5.41) is 7.96. The third kappa shape index (κ3) is 7.47. The molecule has 32 heavy (non-hydrogen) atoms. The van der Waals surface area contributed by atoms with Gasteiger partial charge in [0.05, 0.1) is 6.61 Å². The van der Waals surface area contributed by atoms with Gasteiger partial charge in [-0.25, -0.2) is 4.98 Å². The van der Waals surface area contributed by atoms with E-state index in [9.17, 15) is 9.59 Å². The van der Waals surface area contributed by atoms with Gasteiger partial charge in [-0.3, -0.25) is 14.9 Å². The van der Waals surface area contributed by atoms with E-state index >= 15 is 0 Å². The standard InChI is InChI=1S/C24H27N3O4S/c1-17(28)26-21-8-6-18(7-9-21)4-5-19-14-20(23(29)27-24-25-10-13-32-24)16-22(15-19)31-12-3-11-30-2/h6-10,13-16H,3-5,11-12H2,1-2H3,(H,26,28)(H,25,27,29). The third-order valence-electron chi connectivity index (χ3n) is 4.62. The van der Waals surface area contributed by atoms with Crippen LogP contribution >= 0.6 is 11.3 Å². The average molecular weight is 454 g/mol. The average Bonchev–Trinajstić information content (AvgIpc) is 3.29. The smallest absolute Gasteiger partial charge is 0.257 e. The number of nitrogens with zero attached hydrogens (tertiary/aromatic N) is 1. The quantitative estimate of drug-likeness (QED) is 0.416. The van der Waals surface area contributed by atoms with Crippen LogP contribution in [-0.4, -0.2) is 37.1 Å². The van der Waals surface area contributed by atoms with Crippen molar-refractivity contribution in [3.05, 3.63) is 70.7 Å². The Labute approximate surface area is 191 Å². The van der Waals surface area contributed by atoms with Gasteiger partial charge in [-0.15, -0.1) is 11.3 Å². The lowest BCUT2D eigenvalue weighted by Gasteiger charge is -2.12. The van der Waals surface area contributed by atoms with E-state index in [2.05, 4.69) is 15.6 Å². The number of aromatic nitrogens is 1. The van der Waals surface area contributed by atoms with Gasteiger partial charge < -0.3 is 14.8 Å². The van der Waals surface area contributed by atoms with Crippen LogP contribution in [0, 0.1) is 0 Å². The molecule has 0 aliphatic carbocycles. The first-order chi connectivity index (χ1) is 15.5. The number of amides is 2. The molecule has 0 saturated carbocycles. The van der Waals surface area contributed by atoms with Crippen LogP contribution in [0.5, 0.6) is 5.75 Å². The summed E-state index contributed by atoms with van der Waals surface area (Å²) in [5.41, 5.74) is 3.44. The summed E-state index contributed by atoms with van der Waals surface area (Å²) in [6, 6.07) is 13.4. The van der Waals surface area contributed by atoms with Crippen molar-refractivity contribution in [2.24, 2.45) is 0 Å². The number of methoxy groups -OCH3 is 1. The van der Waals surface area contributed by atoms with Crippen LogP contribution in [0.2, 0.25) is 0 Å². The Kier molecular flexibility index (Phi) is 8.77. The lowest BCUT2D eigenvalue weighted by molar-refractivity contribution is -0.114. The third-order valence-corrected chi connectivity index (χ3v) is 5.31. The Bertz CT molecular complexity index is 1020. The summed E-state index contributed by atoms with van der Waals surface area (Å²) in [5.74, 6) is 0.343. The molecule has 3 aromatic rings. The van der Waals surface area contributed by atoms with Gasteiger partial charge in [-0.1, -0.05) is 12.1 Å². The summed E-state index contributed by atoms with van der Waals surface area (Å²) in [6.07, 6.45) is 3.95. The highest BCUT2D eigenvalue weighted by molar-refractivity contribution is 7.13. The van der Waals surface area contributed by atoms with Crippen molar-refractivity contribution in [3.63, 3.8) is 0 Å². The van der Waals surface area contributed by atoms with E-state index in [4.69, 9.17) is 9.47 Å². The first kappa shape index (κ1) is 23.4. The van der Waals surface area contributed by atoms with Gasteiger partial charge in [0.25, 0.3) is 5.91 Å². The zero-order valence-corrected chi connectivity index (χ0v) is 19.0. The molecule has 0 unspecified atom stereocenters. The Morgan fingerprint density at radius 2 is 1.78 bits per heavy atom. The molecular formula is C24H27N3O4S. The van der Waals surface area contributed by atoms with Crippen LogP contribution in [0.3, 0.4) is 0 Å². The summed E-state index contributed by atoms with van der Waals surface area (Å²) >= 11 is 1.37. The predicted octanol–water partition coefficient (Wildman–Crippen LogP) is 4.55. The Morgan fingerprint density at radius 3 is 2.47 bits per heavy atom. The minimum absolute atomic E-state index is 0.0939. The predicted molar refractivity (Wildman–Crippen MR) is 127 cm³/mol. The Balaban J connectivity index is 1.70. The number of carbonyl (C=O) groups excluding carboxylic acids is 2. The van der Waals surface area contributed by atoms with Gasteiger partial charge in [0.1, 0.15) is 5.75 Å². The fourth-order valence-corrected chi connectivity index (χ4v) is 3.64. The molecule has 0 fully saturated rings. The summed E-state index contributed by atoms with van der Waals surface area (Å²) in [6.45, 7) is 2.61. The van der Waals surface area contributed by atoms with Crippen LogP contribution in [0.1, 0.15) is 34.8 Å².